The first kappa shape index (κ1) is 19.4. The number of hydrogen-bond donors (Lipinski definition) is 1. The molecule has 0 atom stereocenters. The number of sulfonamides is 1. The van der Waals surface area contributed by atoms with E-state index in [4.69, 9.17) is 0 Å². The summed E-state index contributed by atoms with van der Waals surface area (Å²) < 4.78 is 40.4. The molecule has 0 aliphatic carbocycles. The molecule has 0 amide bonds. The molecule has 1 aliphatic heterocycles. The first-order chi connectivity index (χ1) is 13.0. The van der Waals surface area contributed by atoms with Crippen LogP contribution in [0.1, 0.15) is 19.8 Å². The molecule has 0 saturated carbocycles. The van der Waals surface area contributed by atoms with Gasteiger partial charge in [-0.2, -0.15) is 0 Å². The van der Waals surface area contributed by atoms with Crippen LogP contribution in [-0.4, -0.2) is 45.3 Å². The summed E-state index contributed by atoms with van der Waals surface area (Å²) in [7, 11) is -3.32. The van der Waals surface area contributed by atoms with Gasteiger partial charge in [-0.25, -0.2) is 17.8 Å². The van der Waals surface area contributed by atoms with Crippen LogP contribution in [0.5, 0.6) is 0 Å². The van der Waals surface area contributed by atoms with Gasteiger partial charge in [-0.15, -0.1) is 0 Å². The summed E-state index contributed by atoms with van der Waals surface area (Å²) in [4.78, 5) is 8.54. The van der Waals surface area contributed by atoms with Crippen LogP contribution in [0.25, 0.3) is 0 Å². The highest BCUT2D eigenvalue weighted by atomic mass is 32.2. The quantitative estimate of drug-likeness (QED) is 0.784. The zero-order valence-corrected chi connectivity index (χ0v) is 16.3. The Morgan fingerprint density at radius 3 is 2.41 bits per heavy atom. The molecule has 8 heteroatoms. The summed E-state index contributed by atoms with van der Waals surface area (Å²) >= 11 is 0. The van der Waals surface area contributed by atoms with Crippen LogP contribution in [0.2, 0.25) is 0 Å². The first-order valence-corrected chi connectivity index (χ1v) is 10.8. The van der Waals surface area contributed by atoms with Crippen LogP contribution < -0.4 is 14.5 Å². The topological polar surface area (TPSA) is 65.5 Å². The maximum absolute atomic E-state index is 13.9. The van der Waals surface area contributed by atoms with Gasteiger partial charge in [-0.05, 0) is 30.7 Å². The molecular formula is C19H25FN4O2S. The lowest BCUT2D eigenvalue weighted by Gasteiger charge is -2.36. The Morgan fingerprint density at radius 2 is 1.78 bits per heavy atom. The molecular weight excluding hydrogens is 367 g/mol. The maximum Gasteiger partial charge on any atom is 0.232 e. The van der Waals surface area contributed by atoms with Gasteiger partial charge in [0.25, 0.3) is 0 Å². The van der Waals surface area contributed by atoms with Crippen molar-refractivity contribution < 1.29 is 12.8 Å². The Labute approximate surface area is 160 Å². The molecule has 0 spiro atoms. The summed E-state index contributed by atoms with van der Waals surface area (Å²) in [5.74, 6) is 0.701. The van der Waals surface area contributed by atoms with E-state index in [-0.39, 0.29) is 11.6 Å². The smallest absolute Gasteiger partial charge is 0.232 e. The molecule has 1 N–H and O–H groups in total. The van der Waals surface area contributed by atoms with Crippen LogP contribution in [0.15, 0.2) is 42.6 Å². The average Bonchev–Trinajstić information content (AvgIpc) is 2.67. The molecule has 2 heterocycles. The number of aromatic nitrogens is 1. The molecule has 0 bridgehead atoms. The monoisotopic (exact) mass is 392 g/mol. The molecule has 0 radical (unpaired) electrons. The lowest BCUT2D eigenvalue weighted by Crippen LogP contribution is -2.47. The van der Waals surface area contributed by atoms with E-state index in [0.717, 1.165) is 25.3 Å². The third-order valence-corrected chi connectivity index (χ3v) is 5.96. The van der Waals surface area contributed by atoms with Crippen LogP contribution in [0, 0.1) is 5.82 Å². The number of benzene rings is 1. The standard InChI is InChI=1S/C19H25FN4O2S/c1-2-3-14-27(25,26)22-16-8-9-19(21-15-16)24-12-10-23(11-13-24)18-7-5-4-6-17(18)20/h4-9,15,22H,2-3,10-14H2,1H3. The Balaban J connectivity index is 1.58. The van der Waals surface area contributed by atoms with Crippen molar-refractivity contribution in [3.8, 4) is 0 Å². The molecule has 1 fully saturated rings. The minimum Gasteiger partial charge on any atom is -0.366 e. The van der Waals surface area contributed by atoms with E-state index in [1.807, 2.05) is 24.0 Å². The Kier molecular flexibility index (Phi) is 6.15. The highest BCUT2D eigenvalue weighted by Gasteiger charge is 2.20. The van der Waals surface area contributed by atoms with Gasteiger partial charge in [-0.3, -0.25) is 4.72 Å². The Bertz CT molecular complexity index is 850. The predicted octanol–water partition coefficient (Wildman–Crippen LogP) is 3.09. The number of unbranched alkanes of at least 4 members (excludes halogenated alkanes) is 1. The average molecular weight is 393 g/mol. The Morgan fingerprint density at radius 1 is 1.07 bits per heavy atom. The molecule has 146 valence electrons. The molecule has 27 heavy (non-hydrogen) atoms. The summed E-state index contributed by atoms with van der Waals surface area (Å²) in [6.07, 6.45) is 3.01. The largest absolute Gasteiger partial charge is 0.366 e. The van der Waals surface area contributed by atoms with Crippen molar-refractivity contribution in [2.75, 3.05) is 46.5 Å². The van der Waals surface area contributed by atoms with Gasteiger partial charge in [0, 0.05) is 26.2 Å². The number of rotatable bonds is 7. The van der Waals surface area contributed by atoms with Gasteiger partial charge in [0.15, 0.2) is 0 Å². The molecule has 2 aromatic rings. The first-order valence-electron chi connectivity index (χ1n) is 9.19. The summed E-state index contributed by atoms with van der Waals surface area (Å²) in [6.45, 7) is 4.81. The molecule has 1 saturated heterocycles. The fourth-order valence-electron chi connectivity index (χ4n) is 3.08. The van der Waals surface area contributed by atoms with Crippen molar-refractivity contribution in [3.05, 3.63) is 48.4 Å². The van der Waals surface area contributed by atoms with Crippen molar-refractivity contribution >= 4 is 27.2 Å². The number of para-hydroxylation sites is 1. The maximum atomic E-state index is 13.9. The van der Waals surface area contributed by atoms with Crippen molar-refractivity contribution in [1.29, 1.82) is 0 Å². The van der Waals surface area contributed by atoms with Crippen LogP contribution >= 0.6 is 0 Å². The van der Waals surface area contributed by atoms with Gasteiger partial charge in [-0.1, -0.05) is 25.5 Å². The third kappa shape index (κ3) is 5.09. The van der Waals surface area contributed by atoms with Gasteiger partial charge in [0.05, 0.1) is 23.3 Å². The second-order valence-electron chi connectivity index (χ2n) is 6.61. The highest BCUT2D eigenvalue weighted by molar-refractivity contribution is 7.92. The van der Waals surface area contributed by atoms with E-state index < -0.39 is 10.0 Å². The second kappa shape index (κ2) is 8.56. The van der Waals surface area contributed by atoms with Crippen molar-refractivity contribution in [2.24, 2.45) is 0 Å². The Hall–Kier alpha value is -2.35. The van der Waals surface area contributed by atoms with E-state index >= 15 is 0 Å². The van der Waals surface area contributed by atoms with Gasteiger partial charge < -0.3 is 9.80 Å². The second-order valence-corrected chi connectivity index (χ2v) is 8.45. The highest BCUT2D eigenvalue weighted by Crippen LogP contribution is 2.22. The third-order valence-electron chi connectivity index (χ3n) is 4.58. The number of piperazine rings is 1. The van der Waals surface area contributed by atoms with Gasteiger partial charge in [0.1, 0.15) is 11.6 Å². The van der Waals surface area contributed by atoms with Crippen molar-refractivity contribution in [3.63, 3.8) is 0 Å². The SMILES string of the molecule is CCCCS(=O)(=O)Nc1ccc(N2CCN(c3ccccc3F)CC2)nc1. The fourth-order valence-corrected chi connectivity index (χ4v) is 4.33. The van der Waals surface area contributed by atoms with Crippen LogP contribution in [-0.2, 0) is 10.0 Å². The minimum absolute atomic E-state index is 0.114. The van der Waals surface area contributed by atoms with E-state index in [9.17, 15) is 12.8 Å². The number of pyridine rings is 1. The lowest BCUT2D eigenvalue weighted by molar-refractivity contribution is 0.595. The van der Waals surface area contributed by atoms with E-state index in [1.165, 1.54) is 6.07 Å². The van der Waals surface area contributed by atoms with E-state index in [0.29, 0.717) is 30.9 Å². The molecule has 1 aliphatic rings. The number of halogens is 1. The predicted molar refractivity (Wildman–Crippen MR) is 107 cm³/mol. The molecule has 1 aromatic carbocycles. The number of nitrogens with one attached hydrogen (secondary N) is 1. The number of nitrogens with zero attached hydrogens (tertiary/aromatic N) is 3. The normalized spacial score (nSPS) is 15.0. The van der Waals surface area contributed by atoms with Crippen LogP contribution in [0.4, 0.5) is 21.6 Å². The molecule has 6 nitrogen and oxygen atoms in total. The molecule has 1 aromatic heterocycles. The zero-order chi connectivity index (χ0) is 19.3. The summed E-state index contributed by atoms with van der Waals surface area (Å²) in [5, 5.41) is 0. The summed E-state index contributed by atoms with van der Waals surface area (Å²) in [5.41, 5.74) is 1.10. The van der Waals surface area contributed by atoms with Gasteiger partial charge in [0.2, 0.25) is 10.0 Å². The fraction of sp³-hybridized carbons (Fsp3) is 0.421. The van der Waals surface area contributed by atoms with Crippen molar-refractivity contribution in [1.82, 2.24) is 4.98 Å². The lowest BCUT2D eigenvalue weighted by atomic mass is 10.2. The molecule has 0 unspecified atom stereocenters. The zero-order valence-electron chi connectivity index (χ0n) is 15.4. The van der Waals surface area contributed by atoms with Crippen LogP contribution in [0.3, 0.4) is 0 Å². The number of anilines is 3. The van der Waals surface area contributed by atoms with E-state index in [1.54, 1.807) is 24.4 Å². The molecule has 3 rings (SSSR count). The van der Waals surface area contributed by atoms with E-state index in [2.05, 4.69) is 14.6 Å². The van der Waals surface area contributed by atoms with Crippen molar-refractivity contribution in [2.45, 2.75) is 19.8 Å². The summed E-state index contributed by atoms with van der Waals surface area (Å²) in [6, 6.07) is 10.3. The minimum atomic E-state index is -3.32. The van der Waals surface area contributed by atoms with Gasteiger partial charge >= 0.3 is 0 Å². The number of hydrogen-bond acceptors (Lipinski definition) is 5.